The second-order valence-corrected chi connectivity index (χ2v) is 11.5. The van der Waals surface area contributed by atoms with Gasteiger partial charge in [0.1, 0.15) is 38.5 Å². The molecular formula is C34H44N2O12. The monoisotopic (exact) mass is 672 g/mol. The van der Waals surface area contributed by atoms with Crippen LogP contribution in [0.3, 0.4) is 0 Å². The standard InChI is InChI=1S/C34H44N2O12/c1-22(2)29(35-33(42)46-18-24-12-7-5-8-13-24)31(40)45-21-26(20-44-28(39)17-11-16-27(37)38)48-32(41)30(23(3)4)36-34(43)47-19-25-14-9-6-10-15-25/h5-10,12-15,22-23,26,29-30H,11,16-21H2,1-4H3,(H,35,42)(H,36,43)(H,37,38)/t26?,29-,30-/m0/s1. The van der Waals surface area contributed by atoms with Gasteiger partial charge >= 0.3 is 36.1 Å². The largest absolute Gasteiger partial charge is 0.481 e. The third-order valence-corrected chi connectivity index (χ3v) is 6.71. The van der Waals surface area contributed by atoms with Crippen molar-refractivity contribution in [3.8, 4) is 0 Å². The highest BCUT2D eigenvalue weighted by Gasteiger charge is 2.32. The molecule has 0 radical (unpaired) electrons. The molecule has 2 aromatic carbocycles. The van der Waals surface area contributed by atoms with Gasteiger partial charge in [-0.3, -0.25) is 9.59 Å². The number of alkyl carbamates (subject to hydrolysis) is 2. The summed E-state index contributed by atoms with van der Waals surface area (Å²) in [5.41, 5.74) is 1.49. The molecule has 0 aromatic heterocycles. The van der Waals surface area contributed by atoms with E-state index in [-0.39, 0.29) is 32.5 Å². The predicted octanol–water partition coefficient (Wildman–Crippen LogP) is 4.14. The highest BCUT2D eigenvalue weighted by atomic mass is 16.6. The van der Waals surface area contributed by atoms with Gasteiger partial charge in [-0.15, -0.1) is 0 Å². The molecule has 0 fully saturated rings. The van der Waals surface area contributed by atoms with Crippen molar-refractivity contribution in [1.29, 1.82) is 0 Å². The lowest BCUT2D eigenvalue weighted by molar-refractivity contribution is -0.169. The first-order valence-corrected chi connectivity index (χ1v) is 15.5. The molecule has 14 nitrogen and oxygen atoms in total. The average Bonchev–Trinajstić information content (AvgIpc) is 3.05. The number of carboxylic acids is 1. The summed E-state index contributed by atoms with van der Waals surface area (Å²) in [6, 6.07) is 15.6. The summed E-state index contributed by atoms with van der Waals surface area (Å²) in [5.74, 6) is -4.49. The molecule has 0 spiro atoms. The van der Waals surface area contributed by atoms with Gasteiger partial charge in [-0.1, -0.05) is 88.4 Å². The Bertz CT molecular complexity index is 1330. The highest BCUT2D eigenvalue weighted by molar-refractivity contribution is 5.82. The Labute approximate surface area is 279 Å². The van der Waals surface area contributed by atoms with Crippen LogP contribution in [0.15, 0.2) is 60.7 Å². The molecule has 14 heteroatoms. The average molecular weight is 673 g/mol. The summed E-state index contributed by atoms with van der Waals surface area (Å²) < 4.78 is 26.5. The Morgan fingerprint density at radius 1 is 0.625 bits per heavy atom. The van der Waals surface area contributed by atoms with E-state index >= 15 is 0 Å². The van der Waals surface area contributed by atoms with E-state index in [1.807, 2.05) is 12.1 Å². The minimum Gasteiger partial charge on any atom is -0.481 e. The van der Waals surface area contributed by atoms with Crippen molar-refractivity contribution in [3.05, 3.63) is 71.8 Å². The predicted molar refractivity (Wildman–Crippen MR) is 170 cm³/mol. The van der Waals surface area contributed by atoms with Gasteiger partial charge in [0, 0.05) is 12.8 Å². The third-order valence-electron chi connectivity index (χ3n) is 6.71. The Morgan fingerprint density at radius 3 is 1.54 bits per heavy atom. The number of carbonyl (C=O) groups excluding carboxylic acids is 5. The van der Waals surface area contributed by atoms with Gasteiger partial charge in [0.05, 0.1) is 0 Å². The molecule has 1 unspecified atom stereocenters. The lowest BCUT2D eigenvalue weighted by atomic mass is 10.0. The molecule has 0 aliphatic carbocycles. The first kappa shape index (κ1) is 39.0. The molecule has 0 bridgehead atoms. The number of carbonyl (C=O) groups is 6. The fourth-order valence-electron chi connectivity index (χ4n) is 4.04. The molecule has 0 aliphatic rings. The number of ether oxygens (including phenoxy) is 5. The molecule has 3 atom stereocenters. The minimum atomic E-state index is -1.31. The van der Waals surface area contributed by atoms with Gasteiger partial charge in [0.15, 0.2) is 6.10 Å². The third kappa shape index (κ3) is 15.4. The normalized spacial score (nSPS) is 12.6. The first-order chi connectivity index (χ1) is 22.8. The lowest BCUT2D eigenvalue weighted by Crippen LogP contribution is -2.48. The molecule has 3 N–H and O–H groups in total. The van der Waals surface area contributed by atoms with E-state index in [1.54, 1.807) is 76.2 Å². The van der Waals surface area contributed by atoms with Crippen molar-refractivity contribution < 1.29 is 57.6 Å². The van der Waals surface area contributed by atoms with Crippen molar-refractivity contribution in [1.82, 2.24) is 10.6 Å². The van der Waals surface area contributed by atoms with Crippen molar-refractivity contribution >= 4 is 36.1 Å². The van der Waals surface area contributed by atoms with Crippen LogP contribution in [0.2, 0.25) is 0 Å². The minimum absolute atomic E-state index is 0.0206. The number of hydrogen-bond donors (Lipinski definition) is 3. The smallest absolute Gasteiger partial charge is 0.408 e. The molecule has 2 aromatic rings. The van der Waals surface area contributed by atoms with Gasteiger partial charge in [0.2, 0.25) is 0 Å². The Kier molecular flexibility index (Phi) is 17.0. The van der Waals surface area contributed by atoms with Crippen LogP contribution >= 0.6 is 0 Å². The molecule has 2 rings (SSSR count). The van der Waals surface area contributed by atoms with Crippen LogP contribution in [0, 0.1) is 11.8 Å². The van der Waals surface area contributed by atoms with Gasteiger partial charge in [-0.2, -0.15) is 0 Å². The number of rotatable bonds is 19. The molecule has 48 heavy (non-hydrogen) atoms. The molecule has 0 saturated heterocycles. The topological polar surface area (TPSA) is 193 Å². The van der Waals surface area contributed by atoms with Gasteiger partial charge in [-0.25, -0.2) is 19.2 Å². The Balaban J connectivity index is 2.04. The van der Waals surface area contributed by atoms with Crippen LogP contribution in [-0.4, -0.2) is 72.6 Å². The Hall–Kier alpha value is -5.14. The zero-order valence-electron chi connectivity index (χ0n) is 27.5. The van der Waals surface area contributed by atoms with Gasteiger partial charge < -0.3 is 39.4 Å². The lowest BCUT2D eigenvalue weighted by Gasteiger charge is -2.25. The number of esters is 3. The summed E-state index contributed by atoms with van der Waals surface area (Å²) >= 11 is 0. The fourth-order valence-corrected chi connectivity index (χ4v) is 4.04. The van der Waals surface area contributed by atoms with Crippen LogP contribution in [0.5, 0.6) is 0 Å². The fraction of sp³-hybridized carbons (Fsp3) is 0.471. The maximum atomic E-state index is 13.2. The number of amides is 2. The van der Waals surface area contributed by atoms with Crippen LogP contribution in [0.1, 0.15) is 58.1 Å². The molecular weight excluding hydrogens is 628 g/mol. The number of carboxylic acid groups (broad SMARTS) is 1. The van der Waals surface area contributed by atoms with E-state index in [0.717, 1.165) is 11.1 Å². The number of hydrogen-bond acceptors (Lipinski definition) is 11. The maximum Gasteiger partial charge on any atom is 0.408 e. The first-order valence-electron chi connectivity index (χ1n) is 15.5. The van der Waals surface area contributed by atoms with Crippen LogP contribution < -0.4 is 10.6 Å². The highest BCUT2D eigenvalue weighted by Crippen LogP contribution is 2.11. The van der Waals surface area contributed by atoms with Crippen molar-refractivity contribution in [2.24, 2.45) is 11.8 Å². The van der Waals surface area contributed by atoms with Crippen LogP contribution in [0.4, 0.5) is 9.59 Å². The van der Waals surface area contributed by atoms with E-state index in [1.165, 1.54) is 0 Å². The van der Waals surface area contributed by atoms with Crippen molar-refractivity contribution in [2.75, 3.05) is 13.2 Å². The SMILES string of the molecule is CC(C)[C@H](NC(=O)OCc1ccccc1)C(=O)OCC(COC(=O)CCCC(=O)O)OC(=O)[C@@H](NC(=O)OCc1ccccc1)C(C)C. The number of aliphatic carboxylic acids is 1. The van der Waals surface area contributed by atoms with Crippen LogP contribution in [-0.2, 0) is 56.1 Å². The summed E-state index contributed by atoms with van der Waals surface area (Å²) in [6.07, 6.45) is -3.46. The maximum absolute atomic E-state index is 13.2. The number of benzene rings is 2. The summed E-state index contributed by atoms with van der Waals surface area (Å²) in [7, 11) is 0. The zero-order valence-corrected chi connectivity index (χ0v) is 27.5. The van der Waals surface area contributed by atoms with Crippen molar-refractivity contribution in [3.63, 3.8) is 0 Å². The summed E-state index contributed by atoms with van der Waals surface area (Å²) in [5, 5.41) is 13.8. The van der Waals surface area contributed by atoms with Gasteiger partial charge in [0.25, 0.3) is 0 Å². The van der Waals surface area contributed by atoms with Crippen molar-refractivity contribution in [2.45, 2.75) is 78.4 Å². The molecule has 0 saturated carbocycles. The molecule has 2 amide bonds. The van der Waals surface area contributed by atoms with E-state index in [2.05, 4.69) is 10.6 Å². The zero-order chi connectivity index (χ0) is 35.5. The second-order valence-electron chi connectivity index (χ2n) is 11.5. The van der Waals surface area contributed by atoms with E-state index in [4.69, 9.17) is 28.8 Å². The quantitative estimate of drug-likeness (QED) is 0.143. The second kappa shape index (κ2) is 20.9. The molecule has 0 heterocycles. The van der Waals surface area contributed by atoms with E-state index in [9.17, 15) is 28.8 Å². The Morgan fingerprint density at radius 2 is 1.08 bits per heavy atom. The van der Waals surface area contributed by atoms with Crippen LogP contribution in [0.25, 0.3) is 0 Å². The van der Waals surface area contributed by atoms with Gasteiger partial charge in [-0.05, 0) is 29.4 Å². The number of nitrogens with one attached hydrogen (secondary N) is 2. The van der Waals surface area contributed by atoms with E-state index < -0.39 is 79.3 Å². The summed E-state index contributed by atoms with van der Waals surface area (Å²) in [6.45, 7) is 5.52. The summed E-state index contributed by atoms with van der Waals surface area (Å²) in [4.78, 5) is 74.1. The molecule has 262 valence electrons. The van der Waals surface area contributed by atoms with E-state index in [0.29, 0.717) is 0 Å². The molecule has 0 aliphatic heterocycles.